The summed E-state index contributed by atoms with van der Waals surface area (Å²) in [5.41, 5.74) is 0. The van der Waals surface area contributed by atoms with Gasteiger partial charge >= 0.3 is 0 Å². The predicted octanol–water partition coefficient (Wildman–Crippen LogP) is 2.69. The number of anilines is 1. The van der Waals surface area contributed by atoms with E-state index in [2.05, 4.69) is 15.2 Å². The average molecular weight is 349 g/mol. The quantitative estimate of drug-likeness (QED) is 0.871. The van der Waals surface area contributed by atoms with Crippen molar-refractivity contribution in [1.29, 1.82) is 0 Å². The molecule has 3 rings (SSSR count). The zero-order valence-electron chi connectivity index (χ0n) is 13.3. The third-order valence-electron chi connectivity index (χ3n) is 3.99. The molecule has 24 heavy (non-hydrogen) atoms. The molecule has 2 aromatic rings. The molecule has 7 heteroatoms. The van der Waals surface area contributed by atoms with Gasteiger partial charge in [-0.15, -0.1) is 11.3 Å². The first kappa shape index (κ1) is 16.7. The van der Waals surface area contributed by atoms with Gasteiger partial charge in [0.15, 0.2) is 23.3 Å². The highest BCUT2D eigenvalue weighted by Crippen LogP contribution is 2.24. The summed E-state index contributed by atoms with van der Waals surface area (Å²) in [5, 5.41) is 5.89. The van der Waals surface area contributed by atoms with Gasteiger partial charge in [0.05, 0.1) is 0 Å². The van der Waals surface area contributed by atoms with E-state index in [0.717, 1.165) is 31.1 Å². The van der Waals surface area contributed by atoms with E-state index < -0.39 is 5.82 Å². The minimum Gasteiger partial charge on any atom is -0.481 e. The molecule has 2 heterocycles. The van der Waals surface area contributed by atoms with E-state index in [1.165, 1.54) is 12.1 Å². The summed E-state index contributed by atoms with van der Waals surface area (Å²) in [5.74, 6) is -0.207. The molecule has 0 saturated carbocycles. The number of aromatic nitrogens is 1. The Labute approximate surface area is 144 Å². The predicted molar refractivity (Wildman–Crippen MR) is 92.0 cm³/mol. The second kappa shape index (κ2) is 8.10. The molecule has 1 saturated heterocycles. The molecule has 1 aliphatic heterocycles. The molecular formula is C17H20FN3O2S. The Bertz CT molecular complexity index is 666. The van der Waals surface area contributed by atoms with Crippen molar-refractivity contribution in [3.63, 3.8) is 0 Å². The Morgan fingerprint density at radius 3 is 3.12 bits per heavy atom. The van der Waals surface area contributed by atoms with Crippen molar-refractivity contribution in [2.75, 3.05) is 31.1 Å². The number of ether oxygens (including phenoxy) is 1. The zero-order valence-corrected chi connectivity index (χ0v) is 14.1. The van der Waals surface area contributed by atoms with Crippen LogP contribution in [0.25, 0.3) is 0 Å². The van der Waals surface area contributed by atoms with Gasteiger partial charge in [0.1, 0.15) is 0 Å². The van der Waals surface area contributed by atoms with Gasteiger partial charge in [-0.3, -0.25) is 4.79 Å². The van der Waals surface area contributed by atoms with Crippen LogP contribution in [0.3, 0.4) is 0 Å². The SMILES string of the molecule is O=C(COc1ccccc1F)NC[C@@H]1CCCN(c2nccs2)C1. The molecular weight excluding hydrogens is 329 g/mol. The Kier molecular flexibility index (Phi) is 5.63. The van der Waals surface area contributed by atoms with Gasteiger partial charge in [0.2, 0.25) is 0 Å². The second-order valence-electron chi connectivity index (χ2n) is 5.79. The van der Waals surface area contributed by atoms with Crippen LogP contribution in [0.1, 0.15) is 12.8 Å². The number of amides is 1. The molecule has 0 radical (unpaired) electrons. The minimum atomic E-state index is -0.461. The summed E-state index contributed by atoms with van der Waals surface area (Å²) in [6.07, 6.45) is 3.98. The number of para-hydroxylation sites is 1. The molecule has 1 aliphatic rings. The molecule has 1 atom stereocenters. The maximum atomic E-state index is 13.4. The number of nitrogens with zero attached hydrogens (tertiary/aromatic N) is 2. The summed E-state index contributed by atoms with van der Waals surface area (Å²) in [6.45, 7) is 2.32. The van der Waals surface area contributed by atoms with Crippen LogP contribution < -0.4 is 15.0 Å². The van der Waals surface area contributed by atoms with Crippen molar-refractivity contribution >= 4 is 22.4 Å². The van der Waals surface area contributed by atoms with Crippen LogP contribution in [0.2, 0.25) is 0 Å². The number of hydrogen-bond donors (Lipinski definition) is 1. The largest absolute Gasteiger partial charge is 0.481 e. The van der Waals surface area contributed by atoms with E-state index in [1.54, 1.807) is 23.5 Å². The molecule has 0 bridgehead atoms. The van der Waals surface area contributed by atoms with Gasteiger partial charge in [0.25, 0.3) is 5.91 Å². The molecule has 1 amide bonds. The normalized spacial score (nSPS) is 17.5. The van der Waals surface area contributed by atoms with E-state index in [0.29, 0.717) is 12.5 Å². The Hall–Kier alpha value is -2.15. The molecule has 128 valence electrons. The molecule has 0 spiro atoms. The van der Waals surface area contributed by atoms with Crippen LogP contribution >= 0.6 is 11.3 Å². The minimum absolute atomic E-state index is 0.0975. The zero-order chi connectivity index (χ0) is 16.8. The molecule has 5 nitrogen and oxygen atoms in total. The number of halogens is 1. The topological polar surface area (TPSA) is 54.5 Å². The summed E-state index contributed by atoms with van der Waals surface area (Å²) in [6, 6.07) is 6.07. The van der Waals surface area contributed by atoms with E-state index in [9.17, 15) is 9.18 Å². The fourth-order valence-corrected chi connectivity index (χ4v) is 3.47. The van der Waals surface area contributed by atoms with Crippen molar-refractivity contribution in [1.82, 2.24) is 10.3 Å². The summed E-state index contributed by atoms with van der Waals surface area (Å²) < 4.78 is 18.6. The van der Waals surface area contributed by atoms with Gasteiger partial charge in [0, 0.05) is 31.2 Å². The fourth-order valence-electron chi connectivity index (χ4n) is 2.79. The van der Waals surface area contributed by atoms with Crippen LogP contribution in [-0.4, -0.2) is 37.1 Å². The van der Waals surface area contributed by atoms with E-state index in [4.69, 9.17) is 4.74 Å². The van der Waals surface area contributed by atoms with Gasteiger partial charge < -0.3 is 15.0 Å². The van der Waals surface area contributed by atoms with Crippen LogP contribution in [0, 0.1) is 11.7 Å². The number of thiazole rings is 1. The van der Waals surface area contributed by atoms with Gasteiger partial charge in [-0.05, 0) is 30.9 Å². The monoisotopic (exact) mass is 349 g/mol. The van der Waals surface area contributed by atoms with Crippen LogP contribution in [0.15, 0.2) is 35.8 Å². The Balaban J connectivity index is 1.42. The number of piperidine rings is 1. The lowest BCUT2D eigenvalue weighted by Crippen LogP contribution is -2.42. The number of carbonyl (C=O) groups is 1. The highest BCUT2D eigenvalue weighted by molar-refractivity contribution is 7.13. The van der Waals surface area contributed by atoms with Crippen LogP contribution in [-0.2, 0) is 4.79 Å². The smallest absolute Gasteiger partial charge is 0.257 e. The Morgan fingerprint density at radius 2 is 2.33 bits per heavy atom. The first-order valence-corrected chi connectivity index (χ1v) is 8.89. The van der Waals surface area contributed by atoms with E-state index in [-0.39, 0.29) is 18.3 Å². The van der Waals surface area contributed by atoms with E-state index >= 15 is 0 Å². The number of hydrogen-bond acceptors (Lipinski definition) is 5. The van der Waals surface area contributed by atoms with Crippen molar-refractivity contribution in [3.8, 4) is 5.75 Å². The number of benzene rings is 1. The fraction of sp³-hybridized carbons (Fsp3) is 0.412. The van der Waals surface area contributed by atoms with Crippen molar-refractivity contribution < 1.29 is 13.9 Å². The number of carbonyl (C=O) groups excluding carboxylic acids is 1. The lowest BCUT2D eigenvalue weighted by atomic mass is 9.98. The standard InChI is InChI=1S/C17H20FN3O2S/c18-14-5-1-2-6-15(14)23-12-16(22)20-10-13-4-3-8-21(11-13)17-19-7-9-24-17/h1-2,5-7,9,13H,3-4,8,10-12H2,(H,20,22)/t13-/m0/s1. The summed E-state index contributed by atoms with van der Waals surface area (Å²) in [7, 11) is 0. The summed E-state index contributed by atoms with van der Waals surface area (Å²) in [4.78, 5) is 18.5. The highest BCUT2D eigenvalue weighted by Gasteiger charge is 2.22. The third-order valence-corrected chi connectivity index (χ3v) is 4.82. The number of nitrogens with one attached hydrogen (secondary N) is 1. The Morgan fingerprint density at radius 1 is 1.46 bits per heavy atom. The third kappa shape index (κ3) is 4.44. The molecule has 1 aromatic carbocycles. The molecule has 0 unspecified atom stereocenters. The molecule has 1 aromatic heterocycles. The maximum absolute atomic E-state index is 13.4. The number of rotatable bonds is 6. The van der Waals surface area contributed by atoms with E-state index in [1.807, 2.05) is 11.6 Å². The first-order chi connectivity index (χ1) is 11.7. The highest BCUT2D eigenvalue weighted by atomic mass is 32.1. The second-order valence-corrected chi connectivity index (χ2v) is 6.67. The van der Waals surface area contributed by atoms with Gasteiger partial charge in [-0.1, -0.05) is 12.1 Å². The van der Waals surface area contributed by atoms with Gasteiger partial charge in [-0.2, -0.15) is 0 Å². The lowest BCUT2D eigenvalue weighted by molar-refractivity contribution is -0.123. The maximum Gasteiger partial charge on any atom is 0.257 e. The van der Waals surface area contributed by atoms with Gasteiger partial charge in [-0.25, -0.2) is 9.37 Å². The average Bonchev–Trinajstić information content (AvgIpc) is 3.14. The lowest BCUT2D eigenvalue weighted by Gasteiger charge is -2.32. The molecule has 1 fully saturated rings. The van der Waals surface area contributed by atoms with Crippen LogP contribution in [0.4, 0.5) is 9.52 Å². The molecule has 0 aliphatic carbocycles. The summed E-state index contributed by atoms with van der Waals surface area (Å²) >= 11 is 1.63. The molecule has 1 N–H and O–H groups in total. The van der Waals surface area contributed by atoms with Crippen molar-refractivity contribution in [2.45, 2.75) is 12.8 Å². The van der Waals surface area contributed by atoms with Crippen LogP contribution in [0.5, 0.6) is 5.75 Å². The first-order valence-electron chi connectivity index (χ1n) is 8.01. The van der Waals surface area contributed by atoms with Crippen molar-refractivity contribution in [3.05, 3.63) is 41.7 Å². The van der Waals surface area contributed by atoms with Crippen molar-refractivity contribution in [2.24, 2.45) is 5.92 Å².